The maximum Gasteiger partial charge on any atom is 0.214 e. The van der Waals surface area contributed by atoms with Crippen LogP contribution in [-0.4, -0.2) is 27.3 Å². The van der Waals surface area contributed by atoms with E-state index >= 15 is 0 Å². The standard InChI is InChI=1S/C15H24N2O3S/c1-2-15(8-3-9-15)12-17-21(18,19)11-10-20-14-6-4-13(16)5-7-14/h4-7,17H,2-3,8-12,16H2,1H3. The van der Waals surface area contributed by atoms with Gasteiger partial charge < -0.3 is 10.5 Å². The normalized spacial score (nSPS) is 17.2. The fourth-order valence-electron chi connectivity index (χ4n) is 2.50. The summed E-state index contributed by atoms with van der Waals surface area (Å²) in [7, 11) is -3.28. The Morgan fingerprint density at radius 2 is 1.95 bits per heavy atom. The van der Waals surface area contributed by atoms with E-state index in [2.05, 4.69) is 11.6 Å². The maximum absolute atomic E-state index is 12.0. The van der Waals surface area contributed by atoms with E-state index < -0.39 is 10.0 Å². The number of nitrogens with two attached hydrogens (primary N) is 1. The molecular formula is C15H24N2O3S. The van der Waals surface area contributed by atoms with Gasteiger partial charge in [-0.15, -0.1) is 0 Å². The molecule has 0 amide bonds. The van der Waals surface area contributed by atoms with Crippen LogP contribution in [0.5, 0.6) is 5.75 Å². The fourth-order valence-corrected chi connectivity index (χ4v) is 3.47. The molecule has 0 bridgehead atoms. The minimum atomic E-state index is -3.28. The second-order valence-corrected chi connectivity index (χ2v) is 7.69. The molecule has 118 valence electrons. The predicted octanol–water partition coefficient (Wildman–Crippen LogP) is 2.15. The van der Waals surface area contributed by atoms with Gasteiger partial charge in [0.15, 0.2) is 0 Å². The largest absolute Gasteiger partial charge is 0.492 e. The highest BCUT2D eigenvalue weighted by Gasteiger charge is 2.35. The van der Waals surface area contributed by atoms with Crippen molar-refractivity contribution in [3.63, 3.8) is 0 Å². The lowest BCUT2D eigenvalue weighted by atomic mass is 9.67. The molecule has 1 aromatic carbocycles. The molecule has 5 nitrogen and oxygen atoms in total. The Morgan fingerprint density at radius 3 is 2.48 bits per heavy atom. The molecule has 0 aliphatic heterocycles. The molecule has 6 heteroatoms. The summed E-state index contributed by atoms with van der Waals surface area (Å²) in [6, 6.07) is 6.92. The van der Waals surface area contributed by atoms with Crippen molar-refractivity contribution in [3.05, 3.63) is 24.3 Å². The first-order chi connectivity index (χ1) is 9.95. The van der Waals surface area contributed by atoms with Gasteiger partial charge >= 0.3 is 0 Å². The Kier molecular flexibility index (Phi) is 5.11. The molecule has 0 radical (unpaired) electrons. The van der Waals surface area contributed by atoms with Crippen LogP contribution >= 0.6 is 0 Å². The van der Waals surface area contributed by atoms with Crippen molar-refractivity contribution >= 4 is 15.7 Å². The van der Waals surface area contributed by atoms with Gasteiger partial charge in [-0.2, -0.15) is 0 Å². The number of hydrogen-bond donors (Lipinski definition) is 2. The summed E-state index contributed by atoms with van der Waals surface area (Å²) in [4.78, 5) is 0. The lowest BCUT2D eigenvalue weighted by Gasteiger charge is -2.41. The number of hydrogen-bond acceptors (Lipinski definition) is 4. The molecule has 0 aromatic heterocycles. The number of nitrogens with one attached hydrogen (secondary N) is 1. The molecule has 21 heavy (non-hydrogen) atoms. The molecule has 0 spiro atoms. The third kappa shape index (κ3) is 4.61. The van der Waals surface area contributed by atoms with E-state index in [0.717, 1.165) is 19.3 Å². The molecule has 1 aliphatic carbocycles. The summed E-state index contributed by atoms with van der Waals surface area (Å²) in [5.41, 5.74) is 6.42. The summed E-state index contributed by atoms with van der Waals surface area (Å²) in [6.07, 6.45) is 4.47. The molecule has 1 aliphatic rings. The zero-order valence-electron chi connectivity index (χ0n) is 12.5. The van der Waals surface area contributed by atoms with E-state index in [1.165, 1.54) is 6.42 Å². The minimum absolute atomic E-state index is 0.0306. The monoisotopic (exact) mass is 312 g/mol. The van der Waals surface area contributed by atoms with E-state index in [1.54, 1.807) is 24.3 Å². The number of rotatable bonds is 8. The van der Waals surface area contributed by atoms with Crippen LogP contribution in [0.25, 0.3) is 0 Å². The Labute approximate surface area is 126 Å². The number of anilines is 1. The van der Waals surface area contributed by atoms with Gasteiger partial charge in [-0.05, 0) is 48.9 Å². The molecule has 0 atom stereocenters. The van der Waals surface area contributed by atoms with Gasteiger partial charge in [-0.25, -0.2) is 13.1 Å². The van der Waals surface area contributed by atoms with Crippen molar-refractivity contribution in [1.29, 1.82) is 0 Å². The first-order valence-corrected chi connectivity index (χ1v) is 9.06. The van der Waals surface area contributed by atoms with Crippen molar-refractivity contribution in [2.75, 3.05) is 24.6 Å². The summed E-state index contributed by atoms with van der Waals surface area (Å²) < 4.78 is 32.1. The van der Waals surface area contributed by atoms with E-state index in [4.69, 9.17) is 10.5 Å². The molecule has 2 rings (SSSR count). The Balaban J connectivity index is 1.74. The van der Waals surface area contributed by atoms with Crippen LogP contribution in [0.2, 0.25) is 0 Å². The van der Waals surface area contributed by atoms with E-state index in [9.17, 15) is 8.42 Å². The first kappa shape index (κ1) is 16.1. The Bertz CT molecular complexity index is 545. The van der Waals surface area contributed by atoms with Crippen LogP contribution < -0.4 is 15.2 Å². The third-order valence-electron chi connectivity index (χ3n) is 4.33. The molecule has 0 heterocycles. The second-order valence-electron chi connectivity index (χ2n) is 5.76. The van der Waals surface area contributed by atoms with Crippen molar-refractivity contribution in [2.45, 2.75) is 32.6 Å². The highest BCUT2D eigenvalue weighted by molar-refractivity contribution is 7.89. The highest BCUT2D eigenvalue weighted by atomic mass is 32.2. The smallest absolute Gasteiger partial charge is 0.214 e. The zero-order valence-corrected chi connectivity index (χ0v) is 13.3. The topological polar surface area (TPSA) is 81.4 Å². The summed E-state index contributed by atoms with van der Waals surface area (Å²) in [6.45, 7) is 2.81. The fraction of sp³-hybridized carbons (Fsp3) is 0.600. The van der Waals surface area contributed by atoms with E-state index in [0.29, 0.717) is 18.0 Å². The molecule has 0 unspecified atom stereocenters. The van der Waals surface area contributed by atoms with Crippen LogP contribution in [0.15, 0.2) is 24.3 Å². The number of benzene rings is 1. The van der Waals surface area contributed by atoms with Gasteiger partial charge in [0, 0.05) is 12.2 Å². The quantitative estimate of drug-likeness (QED) is 0.721. The van der Waals surface area contributed by atoms with Crippen molar-refractivity contribution in [2.24, 2.45) is 5.41 Å². The lowest BCUT2D eigenvalue weighted by Crippen LogP contribution is -2.42. The van der Waals surface area contributed by atoms with Crippen LogP contribution in [0.1, 0.15) is 32.6 Å². The van der Waals surface area contributed by atoms with Crippen LogP contribution in [-0.2, 0) is 10.0 Å². The average molecular weight is 312 g/mol. The van der Waals surface area contributed by atoms with Crippen molar-refractivity contribution in [1.82, 2.24) is 4.72 Å². The van der Waals surface area contributed by atoms with Crippen molar-refractivity contribution < 1.29 is 13.2 Å². The second kappa shape index (κ2) is 6.66. The van der Waals surface area contributed by atoms with Gasteiger partial charge in [0.1, 0.15) is 12.4 Å². The van der Waals surface area contributed by atoms with Gasteiger partial charge in [0.05, 0.1) is 5.75 Å². The van der Waals surface area contributed by atoms with Crippen LogP contribution in [0.3, 0.4) is 0 Å². The molecular weight excluding hydrogens is 288 g/mol. The number of nitrogen functional groups attached to an aromatic ring is 1. The highest BCUT2D eigenvalue weighted by Crippen LogP contribution is 2.43. The van der Waals surface area contributed by atoms with Crippen LogP contribution in [0, 0.1) is 5.41 Å². The van der Waals surface area contributed by atoms with Gasteiger partial charge in [0.25, 0.3) is 0 Å². The lowest BCUT2D eigenvalue weighted by molar-refractivity contribution is 0.133. The SMILES string of the molecule is CCC1(CNS(=O)(=O)CCOc2ccc(N)cc2)CCC1. The van der Waals surface area contributed by atoms with Crippen LogP contribution in [0.4, 0.5) is 5.69 Å². The number of sulfonamides is 1. The molecule has 1 aromatic rings. The van der Waals surface area contributed by atoms with Gasteiger partial charge in [-0.1, -0.05) is 13.3 Å². The number of ether oxygens (including phenoxy) is 1. The van der Waals surface area contributed by atoms with Crippen molar-refractivity contribution in [3.8, 4) is 5.75 Å². The van der Waals surface area contributed by atoms with E-state index in [-0.39, 0.29) is 17.8 Å². The average Bonchev–Trinajstić information content (AvgIpc) is 2.40. The Hall–Kier alpha value is -1.27. The molecule has 0 saturated heterocycles. The molecule has 1 fully saturated rings. The molecule has 3 N–H and O–H groups in total. The summed E-state index contributed by atoms with van der Waals surface area (Å²) >= 11 is 0. The maximum atomic E-state index is 12.0. The van der Waals surface area contributed by atoms with E-state index in [1.807, 2.05) is 0 Å². The molecule has 1 saturated carbocycles. The predicted molar refractivity (Wildman–Crippen MR) is 84.7 cm³/mol. The summed E-state index contributed by atoms with van der Waals surface area (Å²) in [5.74, 6) is 0.598. The minimum Gasteiger partial charge on any atom is -0.492 e. The van der Waals surface area contributed by atoms with Gasteiger partial charge in [-0.3, -0.25) is 0 Å². The third-order valence-corrected chi connectivity index (χ3v) is 5.62. The summed E-state index contributed by atoms with van der Waals surface area (Å²) in [5, 5.41) is 0. The zero-order chi connectivity index (χ0) is 15.3. The Morgan fingerprint density at radius 1 is 1.29 bits per heavy atom. The van der Waals surface area contributed by atoms with Gasteiger partial charge in [0.2, 0.25) is 10.0 Å². The first-order valence-electron chi connectivity index (χ1n) is 7.40.